The molecule has 19 heavy (non-hydrogen) atoms. The Morgan fingerprint density at radius 1 is 1.37 bits per heavy atom. The molecule has 1 N–H and O–H groups in total. The van der Waals surface area contributed by atoms with Crippen molar-refractivity contribution in [3.05, 3.63) is 34.7 Å². The van der Waals surface area contributed by atoms with Crippen molar-refractivity contribution in [1.29, 1.82) is 0 Å². The molecule has 0 atom stereocenters. The molecule has 3 heterocycles. The van der Waals surface area contributed by atoms with Crippen molar-refractivity contribution in [2.45, 2.75) is 0 Å². The highest BCUT2D eigenvalue weighted by molar-refractivity contribution is 9.10. The fraction of sp³-hybridized carbons (Fsp3) is 0.0909. The van der Waals surface area contributed by atoms with Crippen LogP contribution in [0.4, 0.5) is 0 Å². The lowest BCUT2D eigenvalue weighted by atomic mass is 10.2. The van der Waals surface area contributed by atoms with Gasteiger partial charge in [0.1, 0.15) is 10.3 Å². The maximum atomic E-state index is 11.1. The van der Waals surface area contributed by atoms with Crippen molar-refractivity contribution in [1.82, 2.24) is 24.4 Å². The maximum Gasteiger partial charge on any atom is 0.354 e. The molecule has 0 unspecified atom stereocenters. The number of nitrogens with zero attached hydrogens (tertiary/aromatic N) is 5. The highest BCUT2D eigenvalue weighted by Gasteiger charge is 2.15. The van der Waals surface area contributed by atoms with Crippen LogP contribution in [0.2, 0.25) is 0 Å². The van der Waals surface area contributed by atoms with Gasteiger partial charge < -0.3 is 5.11 Å². The van der Waals surface area contributed by atoms with Crippen LogP contribution in [0.25, 0.3) is 17.0 Å². The molecule has 0 aliphatic heterocycles. The molecule has 8 heteroatoms. The summed E-state index contributed by atoms with van der Waals surface area (Å²) in [4.78, 5) is 15.1. The third kappa shape index (κ3) is 1.99. The second-order valence-corrected chi connectivity index (χ2v) is 4.76. The largest absolute Gasteiger partial charge is 0.477 e. The number of carboxylic acid groups (broad SMARTS) is 1. The summed E-state index contributed by atoms with van der Waals surface area (Å²) in [5.74, 6) is -1.09. The Kier molecular flexibility index (Phi) is 2.59. The Morgan fingerprint density at radius 3 is 2.79 bits per heavy atom. The summed E-state index contributed by atoms with van der Waals surface area (Å²) >= 11 is 3.25. The van der Waals surface area contributed by atoms with E-state index in [9.17, 15) is 4.79 Å². The molecular formula is C11H8BrN5O2. The fourth-order valence-corrected chi connectivity index (χ4v) is 2.15. The zero-order valence-electron chi connectivity index (χ0n) is 9.78. The number of hydrogen-bond acceptors (Lipinski definition) is 4. The molecule has 0 aliphatic rings. The van der Waals surface area contributed by atoms with Gasteiger partial charge in [-0.2, -0.15) is 10.2 Å². The van der Waals surface area contributed by atoms with Crippen LogP contribution in [0.3, 0.4) is 0 Å². The van der Waals surface area contributed by atoms with Crippen molar-refractivity contribution >= 4 is 27.5 Å². The first-order valence-electron chi connectivity index (χ1n) is 5.34. The number of fused-ring (bicyclic) bond motifs is 1. The molecule has 3 aromatic heterocycles. The molecule has 0 spiro atoms. The Balaban J connectivity index is 2.34. The van der Waals surface area contributed by atoms with Crippen molar-refractivity contribution in [2.24, 2.45) is 7.05 Å². The van der Waals surface area contributed by atoms with Gasteiger partial charge in [-0.05, 0) is 28.1 Å². The molecule has 0 saturated carbocycles. The molecular weight excluding hydrogens is 314 g/mol. The normalized spacial score (nSPS) is 11.1. The number of carboxylic acids is 1. The SMILES string of the molecule is Cn1ccc(-c2cc(C(=O)O)nc3cc(Br)nn23)n1. The third-order valence-corrected chi connectivity index (χ3v) is 2.98. The van der Waals surface area contributed by atoms with Crippen molar-refractivity contribution < 1.29 is 9.90 Å². The summed E-state index contributed by atoms with van der Waals surface area (Å²) in [6, 6.07) is 4.89. The molecule has 0 aliphatic carbocycles. The molecule has 96 valence electrons. The van der Waals surface area contributed by atoms with Crippen LogP contribution in [-0.2, 0) is 7.05 Å². The average Bonchev–Trinajstić information content (AvgIpc) is 2.92. The van der Waals surface area contributed by atoms with Gasteiger partial charge in [0.2, 0.25) is 0 Å². The number of aryl methyl sites for hydroxylation is 1. The Hall–Kier alpha value is -2.22. The number of aromatic carboxylic acids is 1. The number of carbonyl (C=O) groups is 1. The quantitative estimate of drug-likeness (QED) is 0.774. The first-order chi connectivity index (χ1) is 9.04. The van der Waals surface area contributed by atoms with Crippen LogP contribution < -0.4 is 0 Å². The summed E-state index contributed by atoms with van der Waals surface area (Å²) in [5.41, 5.74) is 1.62. The molecule has 0 amide bonds. The predicted molar refractivity (Wildman–Crippen MR) is 69.8 cm³/mol. The minimum absolute atomic E-state index is 0.0412. The van der Waals surface area contributed by atoms with Gasteiger partial charge in [0.15, 0.2) is 11.3 Å². The van der Waals surface area contributed by atoms with Crippen LogP contribution >= 0.6 is 15.9 Å². The Morgan fingerprint density at radius 2 is 2.16 bits per heavy atom. The zero-order valence-corrected chi connectivity index (χ0v) is 11.4. The van der Waals surface area contributed by atoms with Crippen molar-refractivity contribution in [3.63, 3.8) is 0 Å². The first-order valence-corrected chi connectivity index (χ1v) is 6.13. The molecule has 0 aromatic carbocycles. The second-order valence-electron chi connectivity index (χ2n) is 3.94. The van der Waals surface area contributed by atoms with Crippen LogP contribution in [0.5, 0.6) is 0 Å². The molecule has 0 radical (unpaired) electrons. The number of rotatable bonds is 2. The van der Waals surface area contributed by atoms with E-state index in [0.717, 1.165) is 0 Å². The lowest BCUT2D eigenvalue weighted by Gasteiger charge is -2.03. The van der Waals surface area contributed by atoms with Crippen LogP contribution in [0, 0.1) is 0 Å². The Labute approximate surface area is 115 Å². The highest BCUT2D eigenvalue weighted by atomic mass is 79.9. The lowest BCUT2D eigenvalue weighted by Crippen LogP contribution is -2.05. The standard InChI is InChI=1S/C11H8BrN5O2/c1-16-3-2-6(14-16)8-4-7(11(18)19)13-10-5-9(12)15-17(8)10/h2-5H,1H3,(H,18,19). The summed E-state index contributed by atoms with van der Waals surface area (Å²) < 4.78 is 3.78. The average molecular weight is 322 g/mol. The van der Waals surface area contributed by atoms with E-state index in [0.29, 0.717) is 21.6 Å². The van der Waals surface area contributed by atoms with Gasteiger partial charge in [-0.15, -0.1) is 0 Å². The zero-order chi connectivity index (χ0) is 13.6. The van der Waals surface area contributed by atoms with E-state index in [1.54, 1.807) is 34.6 Å². The summed E-state index contributed by atoms with van der Waals surface area (Å²) in [6.07, 6.45) is 1.78. The third-order valence-electron chi connectivity index (χ3n) is 2.59. The predicted octanol–water partition coefficient (Wildman–Crippen LogP) is 1.59. The van der Waals surface area contributed by atoms with Gasteiger partial charge in [-0.1, -0.05) is 0 Å². The molecule has 0 bridgehead atoms. The Bertz CT molecular complexity index is 792. The van der Waals surface area contributed by atoms with Crippen molar-refractivity contribution in [2.75, 3.05) is 0 Å². The first kappa shape index (κ1) is 11.8. The van der Waals surface area contributed by atoms with E-state index in [4.69, 9.17) is 5.11 Å². The van der Waals surface area contributed by atoms with Crippen molar-refractivity contribution in [3.8, 4) is 11.4 Å². The lowest BCUT2D eigenvalue weighted by molar-refractivity contribution is 0.0690. The minimum atomic E-state index is -1.09. The fourth-order valence-electron chi connectivity index (χ4n) is 1.79. The smallest absolute Gasteiger partial charge is 0.354 e. The topological polar surface area (TPSA) is 85.3 Å². The number of halogens is 1. The molecule has 3 rings (SSSR count). The van der Waals surface area contributed by atoms with E-state index in [-0.39, 0.29) is 5.69 Å². The second kappa shape index (κ2) is 4.16. The van der Waals surface area contributed by atoms with Gasteiger partial charge in [0.05, 0.1) is 5.69 Å². The molecule has 0 fully saturated rings. The van der Waals surface area contributed by atoms with Gasteiger partial charge in [0, 0.05) is 19.3 Å². The van der Waals surface area contributed by atoms with Gasteiger partial charge >= 0.3 is 5.97 Å². The van der Waals surface area contributed by atoms with E-state index >= 15 is 0 Å². The summed E-state index contributed by atoms with van der Waals surface area (Å²) in [6.45, 7) is 0. The van der Waals surface area contributed by atoms with Gasteiger partial charge in [-0.3, -0.25) is 4.68 Å². The maximum absolute atomic E-state index is 11.1. The van der Waals surface area contributed by atoms with Crippen LogP contribution in [0.1, 0.15) is 10.5 Å². The monoisotopic (exact) mass is 321 g/mol. The van der Waals surface area contributed by atoms with Gasteiger partial charge in [-0.25, -0.2) is 14.3 Å². The van der Waals surface area contributed by atoms with E-state index in [1.807, 2.05) is 0 Å². The van der Waals surface area contributed by atoms with Crippen LogP contribution in [-0.4, -0.2) is 35.5 Å². The van der Waals surface area contributed by atoms with E-state index in [1.165, 1.54) is 6.07 Å². The number of hydrogen-bond donors (Lipinski definition) is 1. The summed E-state index contributed by atoms with van der Waals surface area (Å²) in [7, 11) is 1.79. The van der Waals surface area contributed by atoms with E-state index in [2.05, 4.69) is 31.1 Å². The molecule has 3 aromatic rings. The minimum Gasteiger partial charge on any atom is -0.477 e. The number of aromatic nitrogens is 5. The van der Waals surface area contributed by atoms with Gasteiger partial charge in [0.25, 0.3) is 0 Å². The summed E-state index contributed by atoms with van der Waals surface area (Å²) in [5, 5.41) is 17.6. The molecule has 0 saturated heterocycles. The van der Waals surface area contributed by atoms with E-state index < -0.39 is 5.97 Å². The highest BCUT2D eigenvalue weighted by Crippen LogP contribution is 2.21. The molecule has 7 nitrogen and oxygen atoms in total. The van der Waals surface area contributed by atoms with Crippen LogP contribution in [0.15, 0.2) is 29.0 Å².